The van der Waals surface area contributed by atoms with E-state index in [9.17, 15) is 10.2 Å². The maximum atomic E-state index is 9.74. The van der Waals surface area contributed by atoms with Gasteiger partial charge in [0, 0.05) is 25.0 Å². The highest BCUT2D eigenvalue weighted by molar-refractivity contribution is 5.96. The summed E-state index contributed by atoms with van der Waals surface area (Å²) in [4.78, 5) is 6.97. The van der Waals surface area contributed by atoms with E-state index in [4.69, 9.17) is 4.98 Å². The zero-order valence-corrected chi connectivity index (χ0v) is 17.6. The van der Waals surface area contributed by atoms with Gasteiger partial charge < -0.3 is 15.1 Å². The van der Waals surface area contributed by atoms with Crippen LogP contribution in [0.25, 0.3) is 33.2 Å². The van der Waals surface area contributed by atoms with Crippen molar-refractivity contribution >= 4 is 16.6 Å². The van der Waals surface area contributed by atoms with Gasteiger partial charge >= 0.3 is 0 Å². The fraction of sp³-hybridized carbons (Fsp3) is 0.192. The minimum absolute atomic E-state index is 0.108. The summed E-state index contributed by atoms with van der Waals surface area (Å²) < 4.78 is 0. The fourth-order valence-corrected chi connectivity index (χ4v) is 3.99. The Morgan fingerprint density at radius 3 is 2.13 bits per heavy atom. The van der Waals surface area contributed by atoms with Crippen molar-refractivity contribution in [1.82, 2.24) is 4.98 Å². The van der Waals surface area contributed by atoms with E-state index in [0.29, 0.717) is 0 Å². The number of fused-ring (bicyclic) bond motifs is 1. The zero-order valence-electron chi connectivity index (χ0n) is 17.6. The third-order valence-corrected chi connectivity index (χ3v) is 5.59. The zero-order chi connectivity index (χ0) is 21.3. The van der Waals surface area contributed by atoms with Crippen LogP contribution in [0, 0.1) is 6.92 Å². The van der Waals surface area contributed by atoms with Gasteiger partial charge in [-0.1, -0.05) is 48.5 Å². The van der Waals surface area contributed by atoms with Crippen LogP contribution in [0.15, 0.2) is 66.7 Å². The normalized spacial score (nSPS) is 11.1. The molecule has 0 amide bonds. The molecule has 2 N–H and O–H groups in total. The van der Waals surface area contributed by atoms with Crippen LogP contribution in [0.1, 0.15) is 16.7 Å². The third kappa shape index (κ3) is 3.56. The predicted molar refractivity (Wildman–Crippen MR) is 124 cm³/mol. The van der Waals surface area contributed by atoms with Crippen LogP contribution >= 0.6 is 0 Å². The Morgan fingerprint density at radius 2 is 1.47 bits per heavy atom. The van der Waals surface area contributed by atoms with Gasteiger partial charge in [0.15, 0.2) is 0 Å². The van der Waals surface area contributed by atoms with Crippen molar-refractivity contribution < 1.29 is 10.2 Å². The molecule has 0 aliphatic rings. The Hall–Kier alpha value is -3.21. The van der Waals surface area contributed by atoms with E-state index in [-0.39, 0.29) is 13.2 Å². The molecule has 4 heteroatoms. The van der Waals surface area contributed by atoms with Crippen molar-refractivity contribution in [1.29, 1.82) is 0 Å². The standard InChI is InChI=1S/C26H26N2O2/c1-17-22(18-8-5-4-6-9-18)10-7-11-23(17)25-14-19-12-20(15-29)21(16-30)13-24(19)26(27-25)28(2)3/h4-14,29-30H,15-16H2,1-3H3. The first-order chi connectivity index (χ1) is 14.5. The molecule has 4 rings (SSSR count). The van der Waals surface area contributed by atoms with Gasteiger partial charge in [0.05, 0.1) is 18.9 Å². The second-order valence-corrected chi connectivity index (χ2v) is 7.73. The Labute approximate surface area is 177 Å². The number of benzene rings is 3. The van der Waals surface area contributed by atoms with E-state index in [1.165, 1.54) is 16.7 Å². The van der Waals surface area contributed by atoms with E-state index < -0.39 is 0 Å². The Kier molecular flexibility index (Phi) is 5.53. The second kappa shape index (κ2) is 8.27. The van der Waals surface area contributed by atoms with Gasteiger partial charge in [-0.3, -0.25) is 0 Å². The number of aliphatic hydroxyl groups is 2. The summed E-state index contributed by atoms with van der Waals surface area (Å²) in [6, 6.07) is 22.6. The fourth-order valence-electron chi connectivity index (χ4n) is 3.99. The number of hydrogen-bond donors (Lipinski definition) is 2. The SMILES string of the molecule is Cc1c(-c2ccccc2)cccc1-c1cc2cc(CO)c(CO)cc2c(N(C)C)n1. The van der Waals surface area contributed by atoms with Gasteiger partial charge in [0.2, 0.25) is 0 Å². The van der Waals surface area contributed by atoms with Crippen molar-refractivity contribution in [3.05, 3.63) is 83.4 Å². The summed E-state index contributed by atoms with van der Waals surface area (Å²) in [5, 5.41) is 21.4. The van der Waals surface area contributed by atoms with Crippen LogP contribution in [0.4, 0.5) is 5.82 Å². The first-order valence-corrected chi connectivity index (χ1v) is 10.0. The largest absolute Gasteiger partial charge is 0.392 e. The maximum absolute atomic E-state index is 9.74. The lowest BCUT2D eigenvalue weighted by Gasteiger charge is -2.19. The summed E-state index contributed by atoms with van der Waals surface area (Å²) in [6.07, 6.45) is 0. The van der Waals surface area contributed by atoms with Gasteiger partial charge in [-0.2, -0.15) is 0 Å². The van der Waals surface area contributed by atoms with Gasteiger partial charge in [0.1, 0.15) is 5.82 Å². The third-order valence-electron chi connectivity index (χ3n) is 5.59. The second-order valence-electron chi connectivity index (χ2n) is 7.73. The highest BCUT2D eigenvalue weighted by Gasteiger charge is 2.15. The minimum atomic E-state index is -0.112. The van der Waals surface area contributed by atoms with E-state index in [1.807, 2.05) is 37.2 Å². The number of anilines is 1. The van der Waals surface area contributed by atoms with Crippen molar-refractivity contribution in [3.8, 4) is 22.4 Å². The van der Waals surface area contributed by atoms with Gasteiger partial charge in [0.25, 0.3) is 0 Å². The molecule has 30 heavy (non-hydrogen) atoms. The summed E-state index contributed by atoms with van der Waals surface area (Å²) in [5.41, 5.74) is 6.98. The molecule has 4 aromatic rings. The molecule has 4 nitrogen and oxygen atoms in total. The number of aromatic nitrogens is 1. The molecular formula is C26H26N2O2. The van der Waals surface area contributed by atoms with Gasteiger partial charge in [-0.15, -0.1) is 0 Å². The Morgan fingerprint density at radius 1 is 0.800 bits per heavy atom. The number of hydrogen-bond acceptors (Lipinski definition) is 4. The molecule has 0 radical (unpaired) electrons. The molecule has 152 valence electrons. The van der Waals surface area contributed by atoms with Crippen LogP contribution < -0.4 is 4.90 Å². The molecule has 3 aromatic carbocycles. The minimum Gasteiger partial charge on any atom is -0.392 e. The first-order valence-electron chi connectivity index (χ1n) is 10.0. The highest BCUT2D eigenvalue weighted by Crippen LogP contribution is 2.35. The first kappa shape index (κ1) is 20.1. The average molecular weight is 399 g/mol. The smallest absolute Gasteiger partial charge is 0.136 e. The van der Waals surface area contributed by atoms with Crippen molar-refractivity contribution in [3.63, 3.8) is 0 Å². The van der Waals surface area contributed by atoms with Crippen molar-refractivity contribution in [2.24, 2.45) is 0 Å². The summed E-state index contributed by atoms with van der Waals surface area (Å²) >= 11 is 0. The number of rotatable bonds is 5. The maximum Gasteiger partial charge on any atom is 0.136 e. The van der Waals surface area contributed by atoms with E-state index >= 15 is 0 Å². The topological polar surface area (TPSA) is 56.6 Å². The Bertz CT molecular complexity index is 1200. The van der Waals surface area contributed by atoms with Crippen LogP contribution in [-0.4, -0.2) is 29.3 Å². The van der Waals surface area contributed by atoms with E-state index in [2.05, 4.69) is 55.5 Å². The molecule has 1 heterocycles. The highest BCUT2D eigenvalue weighted by atomic mass is 16.3. The van der Waals surface area contributed by atoms with Crippen LogP contribution in [0.5, 0.6) is 0 Å². The monoisotopic (exact) mass is 398 g/mol. The predicted octanol–water partition coefficient (Wildman–Crippen LogP) is 4.93. The van der Waals surface area contributed by atoms with Gasteiger partial charge in [-0.25, -0.2) is 4.98 Å². The average Bonchev–Trinajstić information content (AvgIpc) is 2.78. The van der Waals surface area contributed by atoms with Crippen molar-refractivity contribution in [2.45, 2.75) is 20.1 Å². The van der Waals surface area contributed by atoms with E-state index in [0.717, 1.165) is 39.0 Å². The van der Waals surface area contributed by atoms with Gasteiger partial charge in [-0.05, 0) is 58.3 Å². The molecule has 0 aliphatic heterocycles. The van der Waals surface area contributed by atoms with Crippen LogP contribution in [-0.2, 0) is 13.2 Å². The molecule has 0 saturated carbocycles. The van der Waals surface area contributed by atoms with Crippen LogP contribution in [0.3, 0.4) is 0 Å². The summed E-state index contributed by atoms with van der Waals surface area (Å²) in [6.45, 7) is 1.91. The lowest BCUT2D eigenvalue weighted by atomic mass is 9.93. The Balaban J connectivity index is 1.96. The van der Waals surface area contributed by atoms with Crippen molar-refractivity contribution in [2.75, 3.05) is 19.0 Å². The van der Waals surface area contributed by atoms with Crippen LogP contribution in [0.2, 0.25) is 0 Å². The molecule has 0 fully saturated rings. The lowest BCUT2D eigenvalue weighted by molar-refractivity contribution is 0.260. The molecule has 0 atom stereocenters. The quantitative estimate of drug-likeness (QED) is 0.501. The molecule has 0 saturated heterocycles. The molecule has 0 bridgehead atoms. The summed E-state index contributed by atoms with van der Waals surface area (Å²) in [7, 11) is 3.94. The number of pyridine rings is 1. The number of nitrogens with zero attached hydrogens (tertiary/aromatic N) is 2. The molecule has 0 spiro atoms. The lowest BCUT2D eigenvalue weighted by Crippen LogP contribution is -2.12. The molecule has 0 aliphatic carbocycles. The molecular weight excluding hydrogens is 372 g/mol. The molecule has 1 aromatic heterocycles. The van der Waals surface area contributed by atoms with E-state index in [1.54, 1.807) is 0 Å². The number of aliphatic hydroxyl groups excluding tert-OH is 2. The molecule has 0 unspecified atom stereocenters. The summed E-state index contributed by atoms with van der Waals surface area (Å²) in [5.74, 6) is 0.839.